The molecule has 1 saturated carbocycles. The van der Waals surface area contributed by atoms with Gasteiger partial charge in [-0.15, -0.1) is 0 Å². The molecule has 1 nitrogen and oxygen atoms in total. The van der Waals surface area contributed by atoms with Crippen molar-refractivity contribution in [3.63, 3.8) is 0 Å². The van der Waals surface area contributed by atoms with Crippen LogP contribution >= 0.6 is 0 Å². The normalized spacial score (nSPS) is 18.5. The van der Waals surface area contributed by atoms with Gasteiger partial charge in [-0.2, -0.15) is 0 Å². The van der Waals surface area contributed by atoms with Crippen LogP contribution in [0.15, 0.2) is 24.3 Å². The Kier molecular flexibility index (Phi) is 3.06. The monoisotopic (exact) mass is 207 g/mol. The number of hydrogen-bond acceptors (Lipinski definition) is 1. The van der Waals surface area contributed by atoms with Crippen molar-refractivity contribution in [2.45, 2.75) is 37.9 Å². The van der Waals surface area contributed by atoms with Crippen LogP contribution in [0.1, 0.15) is 30.4 Å². The molecule has 1 aliphatic carbocycles. The van der Waals surface area contributed by atoms with Gasteiger partial charge in [-0.3, -0.25) is 0 Å². The molecule has 15 heavy (non-hydrogen) atoms. The highest BCUT2D eigenvalue weighted by Gasteiger charge is 2.36. The molecule has 1 N–H and O–H groups in total. The number of benzene rings is 1. The summed E-state index contributed by atoms with van der Waals surface area (Å²) < 4.78 is 13.9. The first-order valence-electron chi connectivity index (χ1n) is 5.63. The molecule has 0 aromatic heterocycles. The average Bonchev–Trinajstić information content (AvgIpc) is 2.16. The summed E-state index contributed by atoms with van der Waals surface area (Å²) in [5.74, 6) is 0. The fourth-order valence-electron chi connectivity index (χ4n) is 2.16. The van der Waals surface area contributed by atoms with E-state index in [0.717, 1.165) is 31.4 Å². The highest BCUT2D eigenvalue weighted by Crippen LogP contribution is 2.38. The molecule has 0 aliphatic heterocycles. The lowest BCUT2D eigenvalue weighted by Crippen LogP contribution is -2.34. The van der Waals surface area contributed by atoms with Gasteiger partial charge in [-0.05, 0) is 37.4 Å². The largest absolute Gasteiger partial charge is 0.316 e. The molecule has 0 amide bonds. The van der Waals surface area contributed by atoms with Gasteiger partial charge in [0.15, 0.2) is 0 Å². The van der Waals surface area contributed by atoms with Crippen LogP contribution in [0.4, 0.5) is 4.39 Å². The van der Waals surface area contributed by atoms with Gasteiger partial charge in [0.2, 0.25) is 0 Å². The molecule has 2 heteroatoms. The van der Waals surface area contributed by atoms with Gasteiger partial charge in [0, 0.05) is 13.0 Å². The standard InChI is InChI=1S/C13H18FN/c1-15-10-12-5-2-4-11(8-12)9-13(14)6-3-7-13/h2,4-5,8,15H,3,6-7,9-10H2,1H3. The quantitative estimate of drug-likeness (QED) is 0.800. The summed E-state index contributed by atoms with van der Waals surface area (Å²) in [5.41, 5.74) is 1.46. The Morgan fingerprint density at radius 1 is 1.33 bits per heavy atom. The first-order valence-corrected chi connectivity index (χ1v) is 5.63. The van der Waals surface area contributed by atoms with Crippen LogP contribution < -0.4 is 5.32 Å². The Morgan fingerprint density at radius 3 is 2.67 bits per heavy atom. The molecule has 0 bridgehead atoms. The number of hydrogen-bond donors (Lipinski definition) is 1. The third kappa shape index (κ3) is 2.57. The van der Waals surface area contributed by atoms with Crippen LogP contribution in [0.2, 0.25) is 0 Å². The molecule has 1 aromatic rings. The summed E-state index contributed by atoms with van der Waals surface area (Å²) in [6.45, 7) is 0.854. The second-order valence-electron chi connectivity index (χ2n) is 4.53. The summed E-state index contributed by atoms with van der Waals surface area (Å²) in [6, 6.07) is 8.23. The maximum atomic E-state index is 13.9. The minimum absolute atomic E-state index is 0.588. The van der Waals surface area contributed by atoms with Gasteiger partial charge in [0.1, 0.15) is 5.67 Å². The summed E-state index contributed by atoms with van der Waals surface area (Å²) in [5, 5.41) is 3.11. The molecular formula is C13H18FN. The van der Waals surface area contributed by atoms with Crippen LogP contribution in [-0.2, 0) is 13.0 Å². The van der Waals surface area contributed by atoms with Gasteiger partial charge >= 0.3 is 0 Å². The second kappa shape index (κ2) is 4.31. The lowest BCUT2D eigenvalue weighted by Gasteiger charge is -2.34. The molecule has 0 atom stereocenters. The van der Waals surface area contributed by atoms with E-state index >= 15 is 0 Å². The minimum atomic E-state index is -0.904. The number of rotatable bonds is 4. The summed E-state index contributed by atoms with van der Waals surface area (Å²) in [6.07, 6.45) is 3.11. The van der Waals surface area contributed by atoms with Crippen molar-refractivity contribution in [3.8, 4) is 0 Å². The van der Waals surface area contributed by atoms with E-state index < -0.39 is 5.67 Å². The van der Waals surface area contributed by atoms with Crippen molar-refractivity contribution >= 4 is 0 Å². The Hall–Kier alpha value is -0.890. The molecule has 1 aliphatic rings. The lowest BCUT2D eigenvalue weighted by molar-refractivity contribution is 0.0641. The van der Waals surface area contributed by atoms with E-state index in [0.29, 0.717) is 6.42 Å². The van der Waals surface area contributed by atoms with Crippen LogP contribution in [0.5, 0.6) is 0 Å². The Labute approximate surface area is 90.7 Å². The Balaban J connectivity index is 2.04. The zero-order valence-corrected chi connectivity index (χ0v) is 9.22. The summed E-state index contributed by atoms with van der Waals surface area (Å²) in [4.78, 5) is 0. The van der Waals surface area contributed by atoms with Gasteiger partial charge in [0.25, 0.3) is 0 Å². The molecule has 1 aromatic carbocycles. The van der Waals surface area contributed by atoms with Crippen molar-refractivity contribution in [2.24, 2.45) is 0 Å². The van der Waals surface area contributed by atoms with Crippen molar-refractivity contribution in [1.29, 1.82) is 0 Å². The Bertz CT molecular complexity index is 331. The maximum Gasteiger partial charge on any atom is 0.115 e. The predicted octanol–water partition coefficient (Wildman–Crippen LogP) is 2.84. The summed E-state index contributed by atoms with van der Waals surface area (Å²) >= 11 is 0. The highest BCUT2D eigenvalue weighted by atomic mass is 19.1. The summed E-state index contributed by atoms with van der Waals surface area (Å²) in [7, 11) is 1.93. The number of nitrogens with one attached hydrogen (secondary N) is 1. The zero-order valence-electron chi connectivity index (χ0n) is 9.22. The van der Waals surface area contributed by atoms with E-state index in [-0.39, 0.29) is 0 Å². The Morgan fingerprint density at radius 2 is 2.07 bits per heavy atom. The van der Waals surface area contributed by atoms with Crippen molar-refractivity contribution in [1.82, 2.24) is 5.32 Å². The predicted molar refractivity (Wildman–Crippen MR) is 60.6 cm³/mol. The fraction of sp³-hybridized carbons (Fsp3) is 0.538. The van der Waals surface area contributed by atoms with Crippen molar-refractivity contribution < 1.29 is 4.39 Å². The molecular weight excluding hydrogens is 189 g/mol. The molecule has 1 fully saturated rings. The third-order valence-corrected chi connectivity index (χ3v) is 3.14. The molecule has 82 valence electrons. The number of halogens is 1. The number of alkyl halides is 1. The first-order chi connectivity index (χ1) is 7.22. The zero-order chi connectivity index (χ0) is 10.7. The molecule has 0 radical (unpaired) electrons. The maximum absolute atomic E-state index is 13.9. The van der Waals surface area contributed by atoms with Crippen LogP contribution in [-0.4, -0.2) is 12.7 Å². The van der Waals surface area contributed by atoms with Crippen LogP contribution in [0.25, 0.3) is 0 Å². The molecule has 0 unspecified atom stereocenters. The average molecular weight is 207 g/mol. The van der Waals surface area contributed by atoms with E-state index in [4.69, 9.17) is 0 Å². The fourth-order valence-corrected chi connectivity index (χ4v) is 2.16. The molecule has 0 saturated heterocycles. The van der Waals surface area contributed by atoms with Crippen LogP contribution in [0, 0.1) is 0 Å². The first kappa shape index (κ1) is 10.6. The van der Waals surface area contributed by atoms with E-state index in [1.54, 1.807) is 0 Å². The van der Waals surface area contributed by atoms with E-state index in [1.165, 1.54) is 5.56 Å². The smallest absolute Gasteiger partial charge is 0.115 e. The van der Waals surface area contributed by atoms with Crippen LogP contribution in [0.3, 0.4) is 0 Å². The van der Waals surface area contributed by atoms with E-state index in [1.807, 2.05) is 19.2 Å². The van der Waals surface area contributed by atoms with Gasteiger partial charge in [0.05, 0.1) is 0 Å². The van der Waals surface area contributed by atoms with Gasteiger partial charge in [-0.1, -0.05) is 24.3 Å². The van der Waals surface area contributed by atoms with Crippen molar-refractivity contribution in [2.75, 3.05) is 7.05 Å². The van der Waals surface area contributed by atoms with E-state index in [9.17, 15) is 4.39 Å². The molecule has 2 rings (SSSR count). The van der Waals surface area contributed by atoms with E-state index in [2.05, 4.69) is 17.4 Å². The highest BCUT2D eigenvalue weighted by molar-refractivity contribution is 5.25. The van der Waals surface area contributed by atoms with Crippen molar-refractivity contribution in [3.05, 3.63) is 35.4 Å². The molecule has 0 spiro atoms. The topological polar surface area (TPSA) is 12.0 Å². The SMILES string of the molecule is CNCc1cccc(CC2(F)CCC2)c1. The lowest BCUT2D eigenvalue weighted by atomic mass is 9.77. The van der Waals surface area contributed by atoms with Gasteiger partial charge < -0.3 is 5.32 Å². The second-order valence-corrected chi connectivity index (χ2v) is 4.53. The van der Waals surface area contributed by atoms with Gasteiger partial charge in [-0.25, -0.2) is 4.39 Å². The molecule has 0 heterocycles. The third-order valence-electron chi connectivity index (χ3n) is 3.14. The minimum Gasteiger partial charge on any atom is -0.316 e.